The Morgan fingerprint density at radius 2 is 2.38 bits per heavy atom. The highest BCUT2D eigenvalue weighted by molar-refractivity contribution is 5.28. The van der Waals surface area contributed by atoms with Gasteiger partial charge in [0, 0.05) is 12.6 Å². The summed E-state index contributed by atoms with van der Waals surface area (Å²) in [4.78, 5) is 0. The molecule has 1 aromatic carbocycles. The fourth-order valence-corrected chi connectivity index (χ4v) is 1.43. The minimum Gasteiger partial charge on any atom is -0.508 e. The van der Waals surface area contributed by atoms with Crippen molar-refractivity contribution in [1.29, 1.82) is 0 Å². The SMILES string of the molecule is C=CCOCCN[C@H](C)c1cccc(O)c1. The van der Waals surface area contributed by atoms with Crippen molar-refractivity contribution in [3.63, 3.8) is 0 Å². The van der Waals surface area contributed by atoms with Gasteiger partial charge in [-0.25, -0.2) is 0 Å². The summed E-state index contributed by atoms with van der Waals surface area (Å²) in [5.41, 5.74) is 1.07. The quantitative estimate of drug-likeness (QED) is 0.548. The largest absolute Gasteiger partial charge is 0.508 e. The highest BCUT2D eigenvalue weighted by Gasteiger charge is 2.04. The van der Waals surface area contributed by atoms with Crippen LogP contribution in [-0.4, -0.2) is 24.9 Å². The van der Waals surface area contributed by atoms with E-state index in [4.69, 9.17) is 4.74 Å². The third-order valence-electron chi connectivity index (χ3n) is 2.30. The van der Waals surface area contributed by atoms with E-state index in [1.807, 2.05) is 12.1 Å². The summed E-state index contributed by atoms with van der Waals surface area (Å²) < 4.78 is 5.26. The lowest BCUT2D eigenvalue weighted by atomic mass is 10.1. The average Bonchev–Trinajstić information content (AvgIpc) is 2.28. The summed E-state index contributed by atoms with van der Waals surface area (Å²) >= 11 is 0. The van der Waals surface area contributed by atoms with Crippen molar-refractivity contribution in [2.75, 3.05) is 19.8 Å². The van der Waals surface area contributed by atoms with Crippen LogP contribution in [0, 0.1) is 0 Å². The molecular formula is C13H19NO2. The van der Waals surface area contributed by atoms with Crippen LogP contribution in [0.25, 0.3) is 0 Å². The maximum Gasteiger partial charge on any atom is 0.115 e. The van der Waals surface area contributed by atoms with Gasteiger partial charge in [0.05, 0.1) is 13.2 Å². The molecule has 0 fully saturated rings. The third-order valence-corrected chi connectivity index (χ3v) is 2.30. The zero-order chi connectivity index (χ0) is 11.8. The molecule has 0 bridgehead atoms. The molecule has 0 saturated carbocycles. The van der Waals surface area contributed by atoms with E-state index in [1.54, 1.807) is 18.2 Å². The molecule has 0 amide bonds. The second-order valence-corrected chi connectivity index (χ2v) is 3.63. The van der Waals surface area contributed by atoms with Crippen molar-refractivity contribution in [2.45, 2.75) is 13.0 Å². The number of benzene rings is 1. The van der Waals surface area contributed by atoms with Gasteiger partial charge in [0.1, 0.15) is 5.75 Å². The summed E-state index contributed by atoms with van der Waals surface area (Å²) in [5.74, 6) is 0.300. The molecule has 0 radical (unpaired) electrons. The Morgan fingerprint density at radius 1 is 1.56 bits per heavy atom. The fraction of sp³-hybridized carbons (Fsp3) is 0.385. The minimum atomic E-state index is 0.208. The Kier molecular flexibility index (Phi) is 5.61. The van der Waals surface area contributed by atoms with Crippen LogP contribution in [0.1, 0.15) is 18.5 Å². The molecule has 16 heavy (non-hydrogen) atoms. The number of phenols is 1. The Morgan fingerprint density at radius 3 is 3.06 bits per heavy atom. The van der Waals surface area contributed by atoms with Gasteiger partial charge in [-0.1, -0.05) is 18.2 Å². The first-order chi connectivity index (χ1) is 7.74. The van der Waals surface area contributed by atoms with Gasteiger partial charge in [0.15, 0.2) is 0 Å². The van der Waals surface area contributed by atoms with E-state index in [9.17, 15) is 5.11 Å². The standard InChI is InChI=1S/C13H19NO2/c1-3-8-16-9-7-14-11(2)12-5-4-6-13(15)10-12/h3-6,10-11,14-15H,1,7-9H2,2H3/t11-/m1/s1. The van der Waals surface area contributed by atoms with Gasteiger partial charge in [-0.05, 0) is 24.6 Å². The van der Waals surface area contributed by atoms with Crippen molar-refractivity contribution >= 4 is 0 Å². The zero-order valence-electron chi connectivity index (χ0n) is 9.65. The van der Waals surface area contributed by atoms with E-state index >= 15 is 0 Å². The molecule has 2 N–H and O–H groups in total. The summed E-state index contributed by atoms with van der Waals surface area (Å²) in [6, 6.07) is 7.48. The van der Waals surface area contributed by atoms with E-state index < -0.39 is 0 Å². The highest BCUT2D eigenvalue weighted by atomic mass is 16.5. The van der Waals surface area contributed by atoms with E-state index in [0.29, 0.717) is 19.0 Å². The zero-order valence-corrected chi connectivity index (χ0v) is 9.65. The fourth-order valence-electron chi connectivity index (χ4n) is 1.43. The number of rotatable bonds is 7. The molecule has 0 aliphatic heterocycles. The summed E-state index contributed by atoms with van der Waals surface area (Å²) in [7, 11) is 0. The Balaban J connectivity index is 2.29. The van der Waals surface area contributed by atoms with E-state index in [2.05, 4.69) is 18.8 Å². The number of aromatic hydroxyl groups is 1. The molecule has 1 aromatic rings. The number of phenolic OH excluding ortho intramolecular Hbond substituents is 1. The Hall–Kier alpha value is -1.32. The van der Waals surface area contributed by atoms with Crippen LogP contribution in [-0.2, 0) is 4.74 Å². The van der Waals surface area contributed by atoms with E-state index in [0.717, 1.165) is 12.1 Å². The van der Waals surface area contributed by atoms with Gasteiger partial charge in [-0.3, -0.25) is 0 Å². The lowest BCUT2D eigenvalue weighted by molar-refractivity contribution is 0.162. The second kappa shape index (κ2) is 7.04. The Labute approximate surface area is 96.8 Å². The molecule has 0 unspecified atom stereocenters. The normalized spacial score (nSPS) is 12.3. The summed E-state index contributed by atoms with van der Waals surface area (Å²) in [6.07, 6.45) is 1.73. The molecule has 3 heteroatoms. The molecule has 0 saturated heterocycles. The van der Waals surface area contributed by atoms with Crippen LogP contribution < -0.4 is 5.32 Å². The highest BCUT2D eigenvalue weighted by Crippen LogP contribution is 2.17. The van der Waals surface area contributed by atoms with Crippen molar-refractivity contribution in [3.05, 3.63) is 42.5 Å². The monoisotopic (exact) mass is 221 g/mol. The van der Waals surface area contributed by atoms with Gasteiger partial charge in [0.2, 0.25) is 0 Å². The molecule has 0 aliphatic carbocycles. The molecule has 0 spiro atoms. The van der Waals surface area contributed by atoms with Crippen LogP contribution in [0.5, 0.6) is 5.75 Å². The Bertz CT molecular complexity index is 325. The van der Waals surface area contributed by atoms with Gasteiger partial charge >= 0.3 is 0 Å². The smallest absolute Gasteiger partial charge is 0.115 e. The first kappa shape index (κ1) is 12.7. The predicted octanol–water partition coefficient (Wildman–Crippen LogP) is 2.25. The van der Waals surface area contributed by atoms with Gasteiger partial charge < -0.3 is 15.2 Å². The van der Waals surface area contributed by atoms with Crippen LogP contribution >= 0.6 is 0 Å². The number of ether oxygens (including phenoxy) is 1. The van der Waals surface area contributed by atoms with Crippen LogP contribution in [0.4, 0.5) is 0 Å². The second-order valence-electron chi connectivity index (χ2n) is 3.63. The first-order valence-electron chi connectivity index (χ1n) is 5.45. The number of hydrogen-bond donors (Lipinski definition) is 2. The van der Waals surface area contributed by atoms with Crippen LogP contribution in [0.15, 0.2) is 36.9 Å². The lowest BCUT2D eigenvalue weighted by Crippen LogP contribution is -2.23. The molecule has 0 heterocycles. The maximum absolute atomic E-state index is 9.34. The third kappa shape index (κ3) is 4.47. The van der Waals surface area contributed by atoms with Crippen molar-refractivity contribution in [3.8, 4) is 5.75 Å². The van der Waals surface area contributed by atoms with Crippen LogP contribution in [0.2, 0.25) is 0 Å². The molecular weight excluding hydrogens is 202 g/mol. The number of nitrogens with one attached hydrogen (secondary N) is 1. The molecule has 1 rings (SSSR count). The molecule has 3 nitrogen and oxygen atoms in total. The lowest BCUT2D eigenvalue weighted by Gasteiger charge is -2.14. The molecule has 0 aliphatic rings. The van der Waals surface area contributed by atoms with Gasteiger partial charge in [-0.15, -0.1) is 6.58 Å². The van der Waals surface area contributed by atoms with Crippen molar-refractivity contribution < 1.29 is 9.84 Å². The minimum absolute atomic E-state index is 0.208. The molecule has 1 atom stereocenters. The van der Waals surface area contributed by atoms with Crippen molar-refractivity contribution in [2.24, 2.45) is 0 Å². The van der Waals surface area contributed by atoms with Crippen LogP contribution in [0.3, 0.4) is 0 Å². The topological polar surface area (TPSA) is 41.5 Å². The predicted molar refractivity (Wildman–Crippen MR) is 65.5 cm³/mol. The summed E-state index contributed by atoms with van der Waals surface area (Å²) in [5, 5.41) is 12.7. The number of hydrogen-bond acceptors (Lipinski definition) is 3. The van der Waals surface area contributed by atoms with Gasteiger partial charge in [0.25, 0.3) is 0 Å². The molecule has 0 aromatic heterocycles. The van der Waals surface area contributed by atoms with E-state index in [-0.39, 0.29) is 6.04 Å². The maximum atomic E-state index is 9.34. The first-order valence-corrected chi connectivity index (χ1v) is 5.45. The summed E-state index contributed by atoms with van der Waals surface area (Å²) in [6.45, 7) is 7.67. The van der Waals surface area contributed by atoms with Crippen molar-refractivity contribution in [1.82, 2.24) is 5.32 Å². The molecule has 88 valence electrons. The van der Waals surface area contributed by atoms with E-state index in [1.165, 1.54) is 0 Å². The average molecular weight is 221 g/mol. The van der Waals surface area contributed by atoms with Gasteiger partial charge in [-0.2, -0.15) is 0 Å².